The Morgan fingerprint density at radius 1 is 1.39 bits per heavy atom. The minimum atomic E-state index is -0.0530. The quantitative estimate of drug-likeness (QED) is 0.627. The summed E-state index contributed by atoms with van der Waals surface area (Å²) in [6.45, 7) is 4.14. The second kappa shape index (κ2) is 5.18. The predicted molar refractivity (Wildman–Crippen MR) is 70.6 cm³/mol. The third kappa shape index (κ3) is 2.35. The van der Waals surface area contributed by atoms with Crippen LogP contribution in [-0.2, 0) is 0 Å². The topological polar surface area (TPSA) is 98.8 Å². The van der Waals surface area contributed by atoms with E-state index in [1.807, 2.05) is 13.8 Å². The van der Waals surface area contributed by atoms with Crippen molar-refractivity contribution in [3.8, 4) is 0 Å². The van der Waals surface area contributed by atoms with E-state index in [0.717, 1.165) is 5.39 Å². The van der Waals surface area contributed by atoms with Gasteiger partial charge in [0.15, 0.2) is 5.65 Å². The molecule has 2 rings (SSSR count). The summed E-state index contributed by atoms with van der Waals surface area (Å²) in [6.07, 6.45) is 1.67. The van der Waals surface area contributed by atoms with Crippen LogP contribution in [-0.4, -0.2) is 45.0 Å². The third-order valence-electron chi connectivity index (χ3n) is 2.86. The van der Waals surface area contributed by atoms with E-state index in [0.29, 0.717) is 23.3 Å². The Labute approximate surface area is 105 Å². The number of fused-ring (bicyclic) bond motifs is 1. The standard InChI is InChI=1S/C11H18N6O/c1-6(2)8(5-18)14-9-7-4-13-17-10(7)16-11(12-3)15-9/h4,6,8,18H,5H2,1-3H3,(H3,12,13,14,15,16,17)/t8-/m1/s1. The summed E-state index contributed by atoms with van der Waals surface area (Å²) in [4.78, 5) is 8.61. The van der Waals surface area contributed by atoms with Crippen LogP contribution in [0.4, 0.5) is 11.8 Å². The summed E-state index contributed by atoms with van der Waals surface area (Å²) < 4.78 is 0. The number of aromatic nitrogens is 4. The molecule has 18 heavy (non-hydrogen) atoms. The molecule has 0 saturated carbocycles. The zero-order valence-corrected chi connectivity index (χ0v) is 10.7. The van der Waals surface area contributed by atoms with Crippen LogP contribution in [0.25, 0.3) is 11.0 Å². The van der Waals surface area contributed by atoms with Crippen LogP contribution in [0.15, 0.2) is 6.20 Å². The highest BCUT2D eigenvalue weighted by Crippen LogP contribution is 2.21. The van der Waals surface area contributed by atoms with Crippen LogP contribution in [0, 0.1) is 5.92 Å². The van der Waals surface area contributed by atoms with Crippen molar-refractivity contribution in [2.24, 2.45) is 5.92 Å². The molecule has 7 nitrogen and oxygen atoms in total. The van der Waals surface area contributed by atoms with Crippen LogP contribution in [0.3, 0.4) is 0 Å². The highest BCUT2D eigenvalue weighted by Gasteiger charge is 2.16. The number of aromatic amines is 1. The zero-order valence-electron chi connectivity index (χ0n) is 10.7. The lowest BCUT2D eigenvalue weighted by atomic mass is 10.1. The minimum Gasteiger partial charge on any atom is -0.394 e. The molecule has 0 radical (unpaired) electrons. The van der Waals surface area contributed by atoms with Gasteiger partial charge in [0.05, 0.1) is 24.2 Å². The van der Waals surface area contributed by atoms with Crippen molar-refractivity contribution in [3.63, 3.8) is 0 Å². The van der Waals surface area contributed by atoms with Gasteiger partial charge in [0.1, 0.15) is 5.82 Å². The molecule has 0 aromatic carbocycles. The molecular formula is C11H18N6O. The number of nitrogens with zero attached hydrogens (tertiary/aromatic N) is 3. The van der Waals surface area contributed by atoms with Gasteiger partial charge in [0, 0.05) is 7.05 Å². The van der Waals surface area contributed by atoms with E-state index in [4.69, 9.17) is 0 Å². The first-order valence-corrected chi connectivity index (χ1v) is 5.92. The van der Waals surface area contributed by atoms with E-state index in [1.165, 1.54) is 0 Å². The van der Waals surface area contributed by atoms with Crippen LogP contribution in [0.1, 0.15) is 13.8 Å². The van der Waals surface area contributed by atoms with Crippen LogP contribution in [0.5, 0.6) is 0 Å². The fraction of sp³-hybridized carbons (Fsp3) is 0.545. The summed E-state index contributed by atoms with van der Waals surface area (Å²) in [7, 11) is 1.76. The molecule has 2 aromatic rings. The van der Waals surface area contributed by atoms with E-state index in [2.05, 4.69) is 30.8 Å². The van der Waals surface area contributed by atoms with Crippen molar-refractivity contribution in [1.29, 1.82) is 0 Å². The number of hydrogen-bond donors (Lipinski definition) is 4. The van der Waals surface area contributed by atoms with Gasteiger partial charge in [-0.2, -0.15) is 15.1 Å². The lowest BCUT2D eigenvalue weighted by Crippen LogP contribution is -2.30. The summed E-state index contributed by atoms with van der Waals surface area (Å²) in [6, 6.07) is -0.0530. The van der Waals surface area contributed by atoms with Gasteiger partial charge in [-0.1, -0.05) is 13.8 Å². The largest absolute Gasteiger partial charge is 0.394 e. The number of hydrogen-bond acceptors (Lipinski definition) is 6. The first-order chi connectivity index (χ1) is 8.65. The van der Waals surface area contributed by atoms with E-state index in [1.54, 1.807) is 13.2 Å². The first kappa shape index (κ1) is 12.6. The number of anilines is 2. The lowest BCUT2D eigenvalue weighted by Gasteiger charge is -2.21. The smallest absolute Gasteiger partial charge is 0.226 e. The summed E-state index contributed by atoms with van der Waals surface area (Å²) in [5.41, 5.74) is 0.664. The van der Waals surface area contributed by atoms with Crippen molar-refractivity contribution < 1.29 is 5.11 Å². The van der Waals surface area contributed by atoms with Gasteiger partial charge in [-0.3, -0.25) is 5.10 Å². The van der Waals surface area contributed by atoms with Crippen molar-refractivity contribution >= 4 is 22.8 Å². The Morgan fingerprint density at radius 3 is 2.78 bits per heavy atom. The number of H-pyrrole nitrogens is 1. The Hall–Kier alpha value is -1.89. The maximum absolute atomic E-state index is 9.36. The Kier molecular flexibility index (Phi) is 3.61. The minimum absolute atomic E-state index is 0.0515. The second-order valence-electron chi connectivity index (χ2n) is 4.46. The molecule has 0 bridgehead atoms. The van der Waals surface area contributed by atoms with Gasteiger partial charge in [-0.15, -0.1) is 0 Å². The second-order valence-corrected chi connectivity index (χ2v) is 4.46. The van der Waals surface area contributed by atoms with Crippen molar-refractivity contribution in [1.82, 2.24) is 20.2 Å². The zero-order chi connectivity index (χ0) is 13.1. The van der Waals surface area contributed by atoms with Gasteiger partial charge in [0.25, 0.3) is 0 Å². The summed E-state index contributed by atoms with van der Waals surface area (Å²) >= 11 is 0. The first-order valence-electron chi connectivity index (χ1n) is 5.92. The van der Waals surface area contributed by atoms with Gasteiger partial charge >= 0.3 is 0 Å². The van der Waals surface area contributed by atoms with Crippen molar-refractivity contribution in [3.05, 3.63) is 6.20 Å². The fourth-order valence-corrected chi connectivity index (χ4v) is 1.66. The maximum atomic E-state index is 9.36. The Balaban J connectivity index is 2.39. The molecule has 7 heteroatoms. The van der Waals surface area contributed by atoms with Crippen molar-refractivity contribution in [2.75, 3.05) is 24.3 Å². The van der Waals surface area contributed by atoms with E-state index in [9.17, 15) is 5.11 Å². The molecule has 98 valence electrons. The molecular weight excluding hydrogens is 232 g/mol. The average molecular weight is 250 g/mol. The van der Waals surface area contributed by atoms with Crippen LogP contribution in [0.2, 0.25) is 0 Å². The molecule has 0 spiro atoms. The summed E-state index contributed by atoms with van der Waals surface area (Å²) in [5, 5.41) is 23.1. The molecule has 0 amide bonds. The molecule has 0 aliphatic carbocycles. The molecule has 2 aromatic heterocycles. The van der Waals surface area contributed by atoms with Crippen LogP contribution < -0.4 is 10.6 Å². The number of aliphatic hydroxyl groups excluding tert-OH is 1. The molecule has 0 unspecified atom stereocenters. The molecule has 0 aliphatic rings. The maximum Gasteiger partial charge on any atom is 0.226 e. The average Bonchev–Trinajstić information content (AvgIpc) is 2.83. The number of aliphatic hydroxyl groups is 1. The Bertz CT molecular complexity index is 523. The highest BCUT2D eigenvalue weighted by atomic mass is 16.3. The van der Waals surface area contributed by atoms with Crippen LogP contribution >= 0.6 is 0 Å². The van der Waals surface area contributed by atoms with E-state index >= 15 is 0 Å². The van der Waals surface area contributed by atoms with E-state index in [-0.39, 0.29) is 12.6 Å². The normalized spacial score (nSPS) is 12.9. The van der Waals surface area contributed by atoms with Gasteiger partial charge in [-0.05, 0) is 5.92 Å². The monoisotopic (exact) mass is 250 g/mol. The number of nitrogens with one attached hydrogen (secondary N) is 3. The van der Waals surface area contributed by atoms with Gasteiger partial charge in [-0.25, -0.2) is 0 Å². The Morgan fingerprint density at radius 2 is 2.17 bits per heavy atom. The van der Waals surface area contributed by atoms with E-state index < -0.39 is 0 Å². The third-order valence-corrected chi connectivity index (χ3v) is 2.86. The molecule has 1 atom stereocenters. The van der Waals surface area contributed by atoms with Gasteiger partial charge in [0.2, 0.25) is 5.95 Å². The molecule has 0 fully saturated rings. The molecule has 0 saturated heterocycles. The lowest BCUT2D eigenvalue weighted by molar-refractivity contribution is 0.249. The van der Waals surface area contributed by atoms with Crippen molar-refractivity contribution in [2.45, 2.75) is 19.9 Å². The number of rotatable bonds is 5. The fourth-order valence-electron chi connectivity index (χ4n) is 1.66. The van der Waals surface area contributed by atoms with Gasteiger partial charge < -0.3 is 15.7 Å². The molecule has 0 aliphatic heterocycles. The highest BCUT2D eigenvalue weighted by molar-refractivity contribution is 5.87. The predicted octanol–water partition coefficient (Wildman–Crippen LogP) is 0.823. The molecule has 2 heterocycles. The SMILES string of the molecule is CNc1nc(N[C@H](CO)C(C)C)c2cn[nH]c2n1. The summed E-state index contributed by atoms with van der Waals surface area (Å²) in [5.74, 6) is 1.48. The molecule has 4 N–H and O–H groups in total.